The summed E-state index contributed by atoms with van der Waals surface area (Å²) in [7, 11) is 0. The van der Waals surface area contributed by atoms with Crippen LogP contribution in [0.4, 0.5) is 0 Å². The average molecular weight is 469 g/mol. The highest BCUT2D eigenvalue weighted by Gasteiger charge is 2.87. The van der Waals surface area contributed by atoms with Crippen molar-refractivity contribution in [2.24, 2.45) is 34.0 Å². The highest BCUT2D eigenvalue weighted by Crippen LogP contribution is 2.78. The van der Waals surface area contributed by atoms with Crippen molar-refractivity contribution in [1.29, 1.82) is 0 Å². The zero-order valence-electron chi connectivity index (χ0n) is 19.7. The van der Waals surface area contributed by atoms with Gasteiger partial charge >= 0.3 is 11.9 Å². The van der Waals surface area contributed by atoms with Crippen molar-refractivity contribution in [2.75, 3.05) is 13.2 Å². The second-order valence-electron chi connectivity index (χ2n) is 11.9. The number of esters is 2. The first-order valence-electron chi connectivity index (χ1n) is 12.0. The number of aliphatic hydroxyl groups is 4. The van der Waals surface area contributed by atoms with Crippen LogP contribution in [0, 0.1) is 34.0 Å². The molecule has 4 N–H and O–H groups in total. The highest BCUT2D eigenvalue weighted by atomic mass is 16.7. The third-order valence-electron chi connectivity index (χ3n) is 10.1. The van der Waals surface area contributed by atoms with E-state index in [9.17, 15) is 30.0 Å². The lowest BCUT2D eigenvalue weighted by atomic mass is 9.36. The number of aliphatic hydroxyl groups excluding tert-OH is 2. The minimum absolute atomic E-state index is 0.0860. The molecule has 6 rings (SSSR count). The molecule has 2 heterocycles. The second kappa shape index (κ2) is 6.91. The standard InChI is InChI=1S/C24H36O9/c1-12(25)31-11-23(29)14-5-6-15-21-10-32-24(30,22(15,9-14)19(23)28)18(33-13(2)26)17(21)20(3,4)8-7-16(21)27/h14-19,27-30H,5-11H2,1-4H3/t14-,15+,16-,17-,18+,19+,21-,22+,23-,24?/m1/s1. The van der Waals surface area contributed by atoms with Crippen LogP contribution in [0.1, 0.15) is 59.8 Å². The molecule has 6 aliphatic rings. The van der Waals surface area contributed by atoms with Gasteiger partial charge in [0.15, 0.2) is 6.10 Å². The number of ether oxygens (including phenoxy) is 3. The summed E-state index contributed by atoms with van der Waals surface area (Å²) in [6, 6.07) is 0. The Morgan fingerprint density at radius 2 is 1.76 bits per heavy atom. The quantitative estimate of drug-likeness (QED) is 0.436. The molecule has 2 spiro atoms. The number of rotatable bonds is 3. The maximum atomic E-state index is 12.3. The first kappa shape index (κ1) is 23.5. The minimum atomic E-state index is -2.05. The fourth-order valence-electron chi connectivity index (χ4n) is 8.99. The van der Waals surface area contributed by atoms with Crippen LogP contribution in [0.2, 0.25) is 0 Å². The molecule has 2 aliphatic heterocycles. The van der Waals surface area contributed by atoms with Crippen molar-refractivity contribution < 1.29 is 44.2 Å². The largest absolute Gasteiger partial charge is 0.463 e. The minimum Gasteiger partial charge on any atom is -0.463 e. The fraction of sp³-hybridized carbons (Fsp3) is 0.917. The van der Waals surface area contributed by atoms with Gasteiger partial charge in [-0.15, -0.1) is 0 Å². The summed E-state index contributed by atoms with van der Waals surface area (Å²) < 4.78 is 17.0. The molecule has 4 aliphatic carbocycles. The first-order chi connectivity index (χ1) is 15.3. The van der Waals surface area contributed by atoms with E-state index in [-0.39, 0.29) is 24.4 Å². The SMILES string of the molecule is CC(=O)OC[C@@]1(O)[C@@H]2CC[C@H]3[C@@]45COC(O)([C@@H](OC(C)=O)[C@@H]4C(C)(C)CC[C@H]5O)[C@]3(C2)[C@@H]1O. The Morgan fingerprint density at radius 1 is 1.06 bits per heavy atom. The van der Waals surface area contributed by atoms with E-state index in [0.717, 1.165) is 0 Å². The van der Waals surface area contributed by atoms with E-state index >= 15 is 0 Å². The number of hydrogen-bond donors (Lipinski definition) is 4. The highest BCUT2D eigenvalue weighted by molar-refractivity contribution is 5.66. The van der Waals surface area contributed by atoms with Crippen molar-refractivity contribution in [3.05, 3.63) is 0 Å². The van der Waals surface area contributed by atoms with E-state index < -0.39 is 70.9 Å². The zero-order chi connectivity index (χ0) is 24.2. The van der Waals surface area contributed by atoms with Gasteiger partial charge in [0.25, 0.3) is 0 Å². The Balaban J connectivity index is 1.70. The molecule has 1 unspecified atom stereocenters. The topological polar surface area (TPSA) is 143 Å². The maximum Gasteiger partial charge on any atom is 0.303 e. The molecule has 33 heavy (non-hydrogen) atoms. The lowest BCUT2D eigenvalue weighted by Crippen LogP contribution is -2.84. The van der Waals surface area contributed by atoms with Gasteiger partial charge < -0.3 is 34.6 Å². The van der Waals surface area contributed by atoms with Crippen molar-refractivity contribution in [2.45, 2.75) is 89.5 Å². The third-order valence-corrected chi connectivity index (χ3v) is 10.1. The summed E-state index contributed by atoms with van der Waals surface area (Å²) >= 11 is 0. The zero-order valence-corrected chi connectivity index (χ0v) is 19.7. The van der Waals surface area contributed by atoms with Gasteiger partial charge in [-0.05, 0) is 49.4 Å². The first-order valence-corrected chi connectivity index (χ1v) is 12.0. The molecule has 9 heteroatoms. The van der Waals surface area contributed by atoms with Crippen molar-refractivity contribution in [1.82, 2.24) is 0 Å². The summed E-state index contributed by atoms with van der Waals surface area (Å²) in [4.78, 5) is 23.7. The average Bonchev–Trinajstić information content (AvgIpc) is 2.90. The molecule has 9 nitrogen and oxygen atoms in total. The van der Waals surface area contributed by atoms with E-state index in [1.165, 1.54) is 13.8 Å². The van der Waals surface area contributed by atoms with Crippen LogP contribution in [-0.4, -0.2) is 75.3 Å². The molecular formula is C24H36O9. The van der Waals surface area contributed by atoms with E-state index in [1.807, 2.05) is 0 Å². The van der Waals surface area contributed by atoms with Gasteiger partial charge in [0, 0.05) is 25.2 Å². The summed E-state index contributed by atoms with van der Waals surface area (Å²) in [6.07, 6.45) is -0.839. The summed E-state index contributed by atoms with van der Waals surface area (Å²) in [5, 5.41) is 47.1. The van der Waals surface area contributed by atoms with Gasteiger partial charge in [0.2, 0.25) is 5.79 Å². The van der Waals surface area contributed by atoms with Crippen LogP contribution in [0.15, 0.2) is 0 Å². The molecule has 0 radical (unpaired) electrons. The predicted octanol–water partition coefficient (Wildman–Crippen LogP) is 0.505. The Labute approximate surface area is 193 Å². The van der Waals surface area contributed by atoms with Crippen LogP contribution >= 0.6 is 0 Å². The molecule has 4 saturated carbocycles. The molecule has 4 bridgehead atoms. The molecule has 0 aromatic heterocycles. The summed E-state index contributed by atoms with van der Waals surface area (Å²) in [5.74, 6) is -4.42. The van der Waals surface area contributed by atoms with Gasteiger partial charge in [0.1, 0.15) is 12.2 Å². The fourth-order valence-corrected chi connectivity index (χ4v) is 8.99. The second-order valence-corrected chi connectivity index (χ2v) is 11.9. The van der Waals surface area contributed by atoms with E-state index in [1.54, 1.807) is 0 Å². The molecule has 0 aromatic carbocycles. The summed E-state index contributed by atoms with van der Waals surface area (Å²) in [5.41, 5.74) is -4.38. The molecule has 10 atom stereocenters. The third kappa shape index (κ3) is 2.60. The normalized spacial score (nSPS) is 53.7. The Hall–Kier alpha value is -1.26. The van der Waals surface area contributed by atoms with E-state index in [4.69, 9.17) is 14.2 Å². The van der Waals surface area contributed by atoms with Crippen LogP contribution in [0.5, 0.6) is 0 Å². The van der Waals surface area contributed by atoms with Crippen molar-refractivity contribution in [3.63, 3.8) is 0 Å². The molecule has 6 fully saturated rings. The van der Waals surface area contributed by atoms with Crippen molar-refractivity contribution >= 4 is 11.9 Å². The van der Waals surface area contributed by atoms with Crippen molar-refractivity contribution in [3.8, 4) is 0 Å². The van der Waals surface area contributed by atoms with Crippen LogP contribution < -0.4 is 0 Å². The van der Waals surface area contributed by atoms with Crippen LogP contribution in [0.25, 0.3) is 0 Å². The molecule has 0 aromatic rings. The molecule has 2 saturated heterocycles. The van der Waals surface area contributed by atoms with E-state index in [2.05, 4.69) is 13.8 Å². The summed E-state index contributed by atoms with van der Waals surface area (Å²) in [6.45, 7) is 6.31. The lowest BCUT2D eigenvalue weighted by molar-refractivity contribution is -0.468. The number of carbonyl (C=O) groups excluding carboxylic acids is 2. The molecule has 186 valence electrons. The van der Waals surface area contributed by atoms with Gasteiger partial charge in [-0.3, -0.25) is 9.59 Å². The number of carbonyl (C=O) groups is 2. The van der Waals surface area contributed by atoms with Gasteiger partial charge in [-0.2, -0.15) is 0 Å². The van der Waals surface area contributed by atoms with Gasteiger partial charge in [-0.25, -0.2) is 0 Å². The number of fused-ring (bicyclic) bond motifs is 2. The Kier molecular flexibility index (Phi) is 4.91. The molecule has 0 amide bonds. The monoisotopic (exact) mass is 468 g/mol. The van der Waals surface area contributed by atoms with E-state index in [0.29, 0.717) is 25.7 Å². The lowest BCUT2D eigenvalue weighted by Gasteiger charge is -2.75. The Bertz CT molecular complexity index is 874. The van der Waals surface area contributed by atoms with Gasteiger partial charge in [-0.1, -0.05) is 13.8 Å². The number of hydrogen-bond acceptors (Lipinski definition) is 9. The predicted molar refractivity (Wildman–Crippen MR) is 112 cm³/mol. The smallest absolute Gasteiger partial charge is 0.303 e. The van der Waals surface area contributed by atoms with Crippen LogP contribution in [0.3, 0.4) is 0 Å². The maximum absolute atomic E-state index is 12.3. The van der Waals surface area contributed by atoms with Crippen LogP contribution in [-0.2, 0) is 23.8 Å². The van der Waals surface area contributed by atoms with Gasteiger partial charge in [0.05, 0.1) is 24.2 Å². The molecular weight excluding hydrogens is 432 g/mol. The Morgan fingerprint density at radius 3 is 2.39 bits per heavy atom.